The quantitative estimate of drug-likeness (QED) is 0.342. The van der Waals surface area contributed by atoms with Gasteiger partial charge in [0.05, 0.1) is 31.9 Å². The van der Waals surface area contributed by atoms with E-state index < -0.39 is 0 Å². The summed E-state index contributed by atoms with van der Waals surface area (Å²) in [5.41, 5.74) is 5.24. The maximum Gasteiger partial charge on any atom is 0.250 e. The summed E-state index contributed by atoms with van der Waals surface area (Å²) in [5.74, 6) is 1.33. The number of amides is 1. The monoisotopic (exact) mass is 413 g/mol. The lowest BCUT2D eigenvalue weighted by Gasteiger charge is -2.06. The van der Waals surface area contributed by atoms with E-state index in [-0.39, 0.29) is 11.7 Å². The first-order valence-electron chi connectivity index (χ1n) is 8.37. The van der Waals surface area contributed by atoms with Crippen LogP contribution in [0, 0.1) is 0 Å². The van der Waals surface area contributed by atoms with Crippen molar-refractivity contribution in [1.29, 1.82) is 0 Å². The van der Waals surface area contributed by atoms with Crippen molar-refractivity contribution >= 4 is 35.2 Å². The second-order valence-electron chi connectivity index (χ2n) is 5.55. The normalized spacial score (nSPS) is 10.8. The van der Waals surface area contributed by atoms with Gasteiger partial charge in [-0.1, -0.05) is 42.1 Å². The molecule has 0 saturated carbocycles. The van der Waals surface area contributed by atoms with Crippen molar-refractivity contribution in [2.45, 2.75) is 4.34 Å². The highest BCUT2D eigenvalue weighted by atomic mass is 32.2. The summed E-state index contributed by atoms with van der Waals surface area (Å²) in [5, 5.41) is 5.98. The van der Waals surface area contributed by atoms with Crippen LogP contribution in [0.2, 0.25) is 0 Å². The Kier molecular flexibility index (Phi) is 7.05. The fraction of sp³-hybridized carbons (Fsp3) is 0.150. The Morgan fingerprint density at radius 1 is 1.21 bits per heavy atom. The molecular formula is C20H19N3O3S2. The number of carbonyl (C=O) groups is 1. The van der Waals surface area contributed by atoms with Gasteiger partial charge in [-0.2, -0.15) is 5.10 Å². The predicted molar refractivity (Wildman–Crippen MR) is 114 cm³/mol. The van der Waals surface area contributed by atoms with E-state index in [1.807, 2.05) is 41.8 Å². The van der Waals surface area contributed by atoms with Crippen LogP contribution in [0.4, 0.5) is 0 Å². The lowest BCUT2D eigenvalue weighted by atomic mass is 10.2. The van der Waals surface area contributed by atoms with E-state index in [9.17, 15) is 4.79 Å². The zero-order chi connectivity index (χ0) is 19.8. The van der Waals surface area contributed by atoms with Gasteiger partial charge < -0.3 is 9.47 Å². The number of rotatable bonds is 8. The molecule has 1 N–H and O–H groups in total. The summed E-state index contributed by atoms with van der Waals surface area (Å²) in [7, 11) is 3.16. The smallest absolute Gasteiger partial charge is 0.250 e. The number of nitrogens with one attached hydrogen (secondary N) is 1. The lowest BCUT2D eigenvalue weighted by Crippen LogP contribution is -2.19. The Balaban J connectivity index is 1.51. The van der Waals surface area contributed by atoms with Crippen molar-refractivity contribution in [3.63, 3.8) is 0 Å². The molecule has 144 valence electrons. The number of nitrogens with zero attached hydrogens (tertiary/aromatic N) is 2. The number of ether oxygens (including phenoxy) is 2. The van der Waals surface area contributed by atoms with E-state index >= 15 is 0 Å². The Morgan fingerprint density at radius 3 is 2.79 bits per heavy atom. The minimum Gasteiger partial charge on any atom is -0.497 e. The molecule has 0 fully saturated rings. The number of carbonyl (C=O) groups excluding carboxylic acids is 1. The van der Waals surface area contributed by atoms with Crippen LogP contribution < -0.4 is 14.9 Å². The van der Waals surface area contributed by atoms with E-state index in [2.05, 4.69) is 15.5 Å². The molecule has 0 aliphatic carbocycles. The summed E-state index contributed by atoms with van der Waals surface area (Å²) in [6.07, 6.45) is 1.54. The first kappa shape index (κ1) is 19.9. The molecule has 1 amide bonds. The maximum absolute atomic E-state index is 12.0. The number of hydrazone groups is 1. The molecule has 0 aliphatic rings. The minimum atomic E-state index is -0.204. The molecule has 0 saturated heterocycles. The maximum atomic E-state index is 12.0. The third-order valence-electron chi connectivity index (χ3n) is 3.71. The van der Waals surface area contributed by atoms with Gasteiger partial charge in [0.1, 0.15) is 11.5 Å². The first-order chi connectivity index (χ1) is 13.7. The topological polar surface area (TPSA) is 72.8 Å². The van der Waals surface area contributed by atoms with Crippen molar-refractivity contribution < 1.29 is 14.3 Å². The van der Waals surface area contributed by atoms with Gasteiger partial charge in [0.2, 0.25) is 0 Å². The summed E-state index contributed by atoms with van der Waals surface area (Å²) in [6, 6.07) is 15.3. The van der Waals surface area contributed by atoms with Crippen molar-refractivity contribution in [3.8, 4) is 22.8 Å². The molecule has 2 aromatic carbocycles. The highest BCUT2D eigenvalue weighted by Crippen LogP contribution is 2.28. The molecule has 0 spiro atoms. The average molecular weight is 414 g/mol. The Hall–Kier alpha value is -2.84. The highest BCUT2D eigenvalue weighted by Gasteiger charge is 2.08. The molecule has 1 aromatic heterocycles. The standard InChI is InChI=1S/C20H19N3O3S2/c1-25-16-9-8-15(18(10-16)26-2)11-21-23-19(24)13-28-20-22-17(12-27-20)14-6-4-3-5-7-14/h3-12H,13H2,1-2H3,(H,23,24)/b21-11+. The van der Waals surface area contributed by atoms with Crippen molar-refractivity contribution in [3.05, 3.63) is 59.5 Å². The summed E-state index contributed by atoms with van der Waals surface area (Å²) < 4.78 is 11.3. The van der Waals surface area contributed by atoms with Gasteiger partial charge in [0.25, 0.3) is 5.91 Å². The second kappa shape index (κ2) is 9.91. The molecular weight excluding hydrogens is 394 g/mol. The largest absolute Gasteiger partial charge is 0.497 e. The van der Waals surface area contributed by atoms with Gasteiger partial charge in [-0.3, -0.25) is 4.79 Å². The van der Waals surface area contributed by atoms with Gasteiger partial charge in [-0.15, -0.1) is 11.3 Å². The molecule has 8 heteroatoms. The van der Waals surface area contributed by atoms with Crippen molar-refractivity contribution in [2.75, 3.05) is 20.0 Å². The Morgan fingerprint density at radius 2 is 2.04 bits per heavy atom. The van der Waals surface area contributed by atoms with Gasteiger partial charge >= 0.3 is 0 Å². The van der Waals surface area contributed by atoms with Gasteiger partial charge in [0, 0.05) is 22.6 Å². The van der Waals surface area contributed by atoms with Crippen LogP contribution in [0.1, 0.15) is 5.56 Å². The van der Waals surface area contributed by atoms with E-state index in [0.717, 1.165) is 21.2 Å². The number of thioether (sulfide) groups is 1. The summed E-state index contributed by atoms with van der Waals surface area (Å²) in [4.78, 5) is 16.6. The zero-order valence-electron chi connectivity index (χ0n) is 15.4. The number of aromatic nitrogens is 1. The van der Waals surface area contributed by atoms with Gasteiger partial charge in [-0.05, 0) is 12.1 Å². The third-order valence-corrected chi connectivity index (χ3v) is 5.73. The van der Waals surface area contributed by atoms with Crippen LogP contribution in [0.15, 0.2) is 63.4 Å². The second-order valence-corrected chi connectivity index (χ2v) is 7.63. The molecule has 3 rings (SSSR count). The lowest BCUT2D eigenvalue weighted by molar-refractivity contribution is -0.118. The number of benzene rings is 2. The van der Waals surface area contributed by atoms with Crippen LogP contribution >= 0.6 is 23.1 Å². The highest BCUT2D eigenvalue weighted by molar-refractivity contribution is 8.01. The van der Waals surface area contributed by atoms with Gasteiger partial charge in [0.15, 0.2) is 4.34 Å². The van der Waals surface area contributed by atoms with E-state index in [0.29, 0.717) is 11.5 Å². The molecule has 3 aromatic rings. The third kappa shape index (κ3) is 5.34. The van der Waals surface area contributed by atoms with Crippen LogP contribution in [-0.2, 0) is 4.79 Å². The number of hydrogen-bond donors (Lipinski definition) is 1. The molecule has 0 radical (unpaired) electrons. The van der Waals surface area contributed by atoms with E-state index in [4.69, 9.17) is 9.47 Å². The van der Waals surface area contributed by atoms with Crippen molar-refractivity contribution in [2.24, 2.45) is 5.10 Å². The first-order valence-corrected chi connectivity index (χ1v) is 10.2. The molecule has 0 aliphatic heterocycles. The molecule has 6 nitrogen and oxygen atoms in total. The number of methoxy groups -OCH3 is 2. The fourth-order valence-corrected chi connectivity index (χ4v) is 3.95. The van der Waals surface area contributed by atoms with E-state index in [1.54, 1.807) is 26.4 Å². The Labute approximate surface area is 171 Å². The summed E-state index contributed by atoms with van der Waals surface area (Å²) in [6.45, 7) is 0. The number of hydrogen-bond acceptors (Lipinski definition) is 7. The van der Waals surface area contributed by atoms with Crippen LogP contribution in [0.3, 0.4) is 0 Å². The SMILES string of the molecule is COc1ccc(/C=N/NC(=O)CSc2nc(-c3ccccc3)cs2)c(OC)c1. The number of thiazole rings is 1. The predicted octanol–water partition coefficient (Wildman–Crippen LogP) is 4.07. The summed E-state index contributed by atoms with van der Waals surface area (Å²) >= 11 is 2.90. The zero-order valence-corrected chi connectivity index (χ0v) is 17.0. The minimum absolute atomic E-state index is 0.204. The molecule has 0 bridgehead atoms. The van der Waals surface area contributed by atoms with Crippen LogP contribution in [-0.4, -0.2) is 37.1 Å². The van der Waals surface area contributed by atoms with Crippen LogP contribution in [0.5, 0.6) is 11.5 Å². The molecule has 28 heavy (non-hydrogen) atoms. The van der Waals surface area contributed by atoms with E-state index in [1.165, 1.54) is 29.3 Å². The van der Waals surface area contributed by atoms with Gasteiger partial charge in [-0.25, -0.2) is 10.4 Å². The Bertz CT molecular complexity index is 958. The van der Waals surface area contributed by atoms with Crippen LogP contribution in [0.25, 0.3) is 11.3 Å². The fourth-order valence-electron chi connectivity index (χ4n) is 2.32. The molecule has 0 atom stereocenters. The average Bonchev–Trinajstić information content (AvgIpc) is 3.22. The van der Waals surface area contributed by atoms with Crippen molar-refractivity contribution in [1.82, 2.24) is 10.4 Å². The molecule has 0 unspecified atom stereocenters. The molecule has 1 heterocycles.